The third-order valence-electron chi connectivity index (χ3n) is 3.85. The molecule has 0 spiro atoms. The molecule has 0 bridgehead atoms. The molecule has 0 aliphatic heterocycles. The molecule has 154 valence electrons. The Bertz CT molecular complexity index is 1070. The summed E-state index contributed by atoms with van der Waals surface area (Å²) in [5.74, 6) is -0.750. The molecule has 11 heteroatoms. The topological polar surface area (TPSA) is 137 Å². The van der Waals surface area contributed by atoms with Gasteiger partial charge in [0.2, 0.25) is 11.7 Å². The Balaban J connectivity index is 1.46. The number of nitrogens with zero attached hydrogens (tertiary/aromatic N) is 3. The second-order valence-corrected chi connectivity index (χ2v) is 6.44. The minimum Gasteiger partial charge on any atom is -0.456 e. The van der Waals surface area contributed by atoms with Gasteiger partial charge >= 0.3 is 5.97 Å². The first kappa shape index (κ1) is 20.9. The van der Waals surface area contributed by atoms with Crippen LogP contribution in [0.25, 0.3) is 11.4 Å². The number of anilines is 1. The van der Waals surface area contributed by atoms with Crippen molar-refractivity contribution in [3.63, 3.8) is 0 Å². The molecule has 0 saturated heterocycles. The average Bonchev–Trinajstić information content (AvgIpc) is 3.20. The lowest BCUT2D eigenvalue weighted by atomic mass is 10.2. The number of nitro groups is 1. The van der Waals surface area contributed by atoms with Gasteiger partial charge in [-0.3, -0.25) is 19.7 Å². The molecule has 0 fully saturated rings. The minimum atomic E-state index is -0.694. The van der Waals surface area contributed by atoms with Gasteiger partial charge < -0.3 is 14.6 Å². The van der Waals surface area contributed by atoms with Crippen LogP contribution in [0.2, 0.25) is 5.02 Å². The molecular weight excluding hydrogens is 416 g/mol. The molecule has 0 unspecified atom stereocenters. The van der Waals surface area contributed by atoms with E-state index in [1.54, 1.807) is 24.3 Å². The lowest BCUT2D eigenvalue weighted by Crippen LogP contribution is -2.21. The Hall–Kier alpha value is -3.79. The first-order valence-corrected chi connectivity index (χ1v) is 9.07. The van der Waals surface area contributed by atoms with E-state index in [0.29, 0.717) is 16.4 Å². The quantitative estimate of drug-likeness (QED) is 0.326. The molecule has 0 atom stereocenters. The number of nitro benzene ring substituents is 1. The average molecular weight is 431 g/mol. The fourth-order valence-corrected chi connectivity index (χ4v) is 2.55. The summed E-state index contributed by atoms with van der Waals surface area (Å²) in [5, 5.41) is 17.7. The first-order valence-electron chi connectivity index (χ1n) is 8.70. The van der Waals surface area contributed by atoms with Crippen LogP contribution in [0.15, 0.2) is 53.1 Å². The zero-order valence-electron chi connectivity index (χ0n) is 15.4. The van der Waals surface area contributed by atoms with Gasteiger partial charge in [-0.25, -0.2) is 0 Å². The summed E-state index contributed by atoms with van der Waals surface area (Å²) in [4.78, 5) is 38.2. The van der Waals surface area contributed by atoms with Crippen LogP contribution in [0.1, 0.15) is 12.3 Å². The lowest BCUT2D eigenvalue weighted by molar-refractivity contribution is -0.383. The van der Waals surface area contributed by atoms with E-state index >= 15 is 0 Å². The second kappa shape index (κ2) is 9.61. The summed E-state index contributed by atoms with van der Waals surface area (Å²) < 4.78 is 9.97. The van der Waals surface area contributed by atoms with Crippen LogP contribution >= 0.6 is 11.6 Å². The molecule has 0 radical (unpaired) electrons. The number of esters is 1. The molecule has 3 rings (SSSR count). The van der Waals surface area contributed by atoms with Crippen molar-refractivity contribution in [3.8, 4) is 11.4 Å². The third-order valence-corrected chi connectivity index (χ3v) is 4.10. The lowest BCUT2D eigenvalue weighted by Gasteiger charge is -2.06. The number of halogens is 1. The maximum absolute atomic E-state index is 11.9. The fraction of sp³-hybridized carbons (Fsp3) is 0.158. The number of rotatable bonds is 8. The highest BCUT2D eigenvalue weighted by molar-refractivity contribution is 6.30. The van der Waals surface area contributed by atoms with E-state index in [9.17, 15) is 19.7 Å². The Morgan fingerprint density at radius 2 is 1.90 bits per heavy atom. The Morgan fingerprint density at radius 1 is 1.17 bits per heavy atom. The number of amides is 1. The fourth-order valence-electron chi connectivity index (χ4n) is 2.42. The highest BCUT2D eigenvalue weighted by Crippen LogP contribution is 2.23. The highest BCUT2D eigenvalue weighted by Gasteiger charge is 2.16. The molecular formula is C19H15ClN4O6. The Morgan fingerprint density at radius 3 is 2.63 bits per heavy atom. The molecule has 30 heavy (non-hydrogen) atoms. The van der Waals surface area contributed by atoms with E-state index in [-0.39, 0.29) is 30.1 Å². The Labute approximate surface area is 174 Å². The number of carbonyl (C=O) groups excluding carboxylic acids is 2. The van der Waals surface area contributed by atoms with Crippen molar-refractivity contribution < 1.29 is 23.8 Å². The maximum Gasteiger partial charge on any atom is 0.306 e. The smallest absolute Gasteiger partial charge is 0.306 e. The van der Waals surface area contributed by atoms with E-state index in [2.05, 4.69) is 15.5 Å². The summed E-state index contributed by atoms with van der Waals surface area (Å²) >= 11 is 5.83. The molecule has 3 aromatic rings. The van der Waals surface area contributed by atoms with Crippen molar-refractivity contribution in [1.82, 2.24) is 10.1 Å². The van der Waals surface area contributed by atoms with Crippen LogP contribution in [0, 0.1) is 10.1 Å². The van der Waals surface area contributed by atoms with Gasteiger partial charge in [0.05, 0.1) is 11.3 Å². The van der Waals surface area contributed by atoms with E-state index in [1.165, 1.54) is 24.3 Å². The number of hydrogen-bond donors (Lipinski definition) is 1. The van der Waals surface area contributed by atoms with Gasteiger partial charge in [-0.1, -0.05) is 28.9 Å². The summed E-state index contributed by atoms with van der Waals surface area (Å²) in [7, 11) is 0. The largest absolute Gasteiger partial charge is 0.456 e. The summed E-state index contributed by atoms with van der Waals surface area (Å²) in [5.41, 5.74) is 0.470. The van der Waals surface area contributed by atoms with E-state index in [0.717, 1.165) is 0 Å². The molecule has 0 saturated carbocycles. The van der Waals surface area contributed by atoms with Crippen LogP contribution in [-0.2, 0) is 20.7 Å². The zero-order chi connectivity index (χ0) is 21.5. The van der Waals surface area contributed by atoms with Gasteiger partial charge in [0.15, 0.2) is 6.61 Å². The van der Waals surface area contributed by atoms with Gasteiger partial charge in [-0.15, -0.1) is 0 Å². The van der Waals surface area contributed by atoms with Crippen molar-refractivity contribution in [2.45, 2.75) is 12.8 Å². The van der Waals surface area contributed by atoms with E-state index in [4.69, 9.17) is 20.9 Å². The molecule has 0 aliphatic carbocycles. The second-order valence-electron chi connectivity index (χ2n) is 6.00. The van der Waals surface area contributed by atoms with Gasteiger partial charge in [-0.2, -0.15) is 4.98 Å². The minimum absolute atomic E-state index is 0.0177. The standard InChI is InChI=1S/C19H15ClN4O6/c20-13-7-5-12(6-8-13)19-22-17(30-23-19)9-10-18(26)29-11-16(25)21-14-3-1-2-4-15(14)24(27)28/h1-8H,9-11H2,(H,21,25). The van der Waals surface area contributed by atoms with Crippen LogP contribution < -0.4 is 5.32 Å². The predicted octanol–water partition coefficient (Wildman–Crippen LogP) is 3.41. The number of ether oxygens (including phenoxy) is 1. The van der Waals surface area contributed by atoms with Crippen LogP contribution in [-0.4, -0.2) is 33.5 Å². The van der Waals surface area contributed by atoms with Gasteiger partial charge in [0.1, 0.15) is 5.69 Å². The number of nitrogens with one attached hydrogen (secondary N) is 1. The summed E-state index contributed by atoms with van der Waals surface area (Å²) in [6.07, 6.45) is 0.0478. The number of aryl methyl sites for hydroxylation is 1. The molecule has 1 heterocycles. The summed E-state index contributed by atoms with van der Waals surface area (Å²) in [6, 6.07) is 12.5. The number of para-hydroxylation sites is 2. The Kier molecular flexibility index (Phi) is 6.71. The normalized spacial score (nSPS) is 10.4. The van der Waals surface area contributed by atoms with Gasteiger partial charge in [-0.05, 0) is 30.3 Å². The van der Waals surface area contributed by atoms with Gasteiger partial charge in [0.25, 0.3) is 11.6 Å². The predicted molar refractivity (Wildman–Crippen MR) is 106 cm³/mol. The van der Waals surface area contributed by atoms with Crippen molar-refractivity contribution in [1.29, 1.82) is 0 Å². The van der Waals surface area contributed by atoms with Gasteiger partial charge in [0, 0.05) is 23.1 Å². The highest BCUT2D eigenvalue weighted by atomic mass is 35.5. The van der Waals surface area contributed by atoms with E-state index < -0.39 is 23.4 Å². The van der Waals surface area contributed by atoms with Crippen molar-refractivity contribution in [3.05, 3.63) is 69.6 Å². The van der Waals surface area contributed by atoms with Crippen molar-refractivity contribution >= 4 is 34.9 Å². The zero-order valence-corrected chi connectivity index (χ0v) is 16.2. The van der Waals surface area contributed by atoms with E-state index in [1.807, 2.05) is 0 Å². The first-order chi connectivity index (χ1) is 14.4. The number of carbonyl (C=O) groups is 2. The van der Waals surface area contributed by atoms with Crippen LogP contribution in [0.5, 0.6) is 0 Å². The van der Waals surface area contributed by atoms with Crippen LogP contribution in [0.3, 0.4) is 0 Å². The molecule has 1 N–H and O–H groups in total. The molecule has 0 aliphatic rings. The molecule has 2 aromatic carbocycles. The number of hydrogen-bond acceptors (Lipinski definition) is 8. The van der Waals surface area contributed by atoms with Crippen LogP contribution in [0.4, 0.5) is 11.4 Å². The maximum atomic E-state index is 11.9. The molecule has 10 nitrogen and oxygen atoms in total. The van der Waals surface area contributed by atoms with Crippen molar-refractivity contribution in [2.24, 2.45) is 0 Å². The number of aromatic nitrogens is 2. The summed E-state index contributed by atoms with van der Waals surface area (Å²) in [6.45, 7) is -0.579. The SMILES string of the molecule is O=C(COC(=O)CCc1nc(-c2ccc(Cl)cc2)no1)Nc1ccccc1[N+](=O)[O-]. The molecule has 1 aromatic heterocycles. The van der Waals surface area contributed by atoms with Crippen molar-refractivity contribution in [2.75, 3.05) is 11.9 Å². The third kappa shape index (κ3) is 5.61. The number of benzene rings is 2. The molecule has 1 amide bonds. The monoisotopic (exact) mass is 430 g/mol.